The lowest BCUT2D eigenvalue weighted by Crippen LogP contribution is -2.22. The van der Waals surface area contributed by atoms with E-state index >= 15 is 0 Å². The molecule has 0 aromatic carbocycles. The van der Waals surface area contributed by atoms with Crippen LogP contribution < -0.4 is 4.90 Å². The van der Waals surface area contributed by atoms with Crippen molar-refractivity contribution in [2.45, 2.75) is 12.3 Å². The summed E-state index contributed by atoms with van der Waals surface area (Å²) in [4.78, 5) is 10.9. The second-order valence-corrected chi connectivity index (χ2v) is 4.33. The predicted octanol–water partition coefficient (Wildman–Crippen LogP) is 1.69. The molecule has 1 saturated heterocycles. The molecule has 1 fully saturated rings. The molecule has 1 aliphatic heterocycles. The average Bonchev–Trinajstić information content (AvgIpc) is 2.78. The molecule has 0 radical (unpaired) electrons. The monoisotopic (exact) mass is 241 g/mol. The van der Waals surface area contributed by atoms with E-state index < -0.39 is 0 Å². The molecule has 0 saturated carbocycles. The molecule has 0 bridgehead atoms. The van der Waals surface area contributed by atoms with Gasteiger partial charge in [0.05, 0.1) is 24.4 Å². The normalized spacial score (nSPS) is 20.4. The molecule has 5 heteroatoms. The highest BCUT2D eigenvalue weighted by Crippen LogP contribution is 2.21. The van der Waals surface area contributed by atoms with Gasteiger partial charge in [-0.05, 0) is 6.42 Å². The van der Waals surface area contributed by atoms with Crippen molar-refractivity contribution in [3.8, 4) is 0 Å². The third-order valence-electron chi connectivity index (χ3n) is 2.82. The van der Waals surface area contributed by atoms with E-state index in [4.69, 9.17) is 16.3 Å². The summed E-state index contributed by atoms with van der Waals surface area (Å²) in [6, 6.07) is 0. The summed E-state index contributed by atoms with van der Waals surface area (Å²) in [6.07, 6.45) is 4.66. The fourth-order valence-electron chi connectivity index (χ4n) is 2.02. The quantitative estimate of drug-likeness (QED) is 0.752. The Morgan fingerprint density at radius 3 is 3.19 bits per heavy atom. The number of ether oxygens (including phenoxy) is 1. The molecule has 0 aliphatic carbocycles. The largest absolute Gasteiger partial charge is 0.384 e. The molecule has 4 nitrogen and oxygen atoms in total. The number of hydrogen-bond acceptors (Lipinski definition) is 4. The molecule has 0 spiro atoms. The van der Waals surface area contributed by atoms with E-state index in [1.54, 1.807) is 19.5 Å². The summed E-state index contributed by atoms with van der Waals surface area (Å²) in [5.41, 5.74) is 0.828. The van der Waals surface area contributed by atoms with Crippen LogP contribution in [-0.4, -0.2) is 36.8 Å². The van der Waals surface area contributed by atoms with Gasteiger partial charge in [-0.2, -0.15) is 0 Å². The van der Waals surface area contributed by atoms with Crippen LogP contribution in [0.1, 0.15) is 12.1 Å². The van der Waals surface area contributed by atoms with E-state index in [-0.39, 0.29) is 0 Å². The number of hydrogen-bond donors (Lipinski definition) is 0. The Labute approximate surface area is 101 Å². The molecular formula is C11H16ClN3O. The molecule has 1 unspecified atom stereocenters. The summed E-state index contributed by atoms with van der Waals surface area (Å²) in [6.45, 7) is 2.84. The van der Waals surface area contributed by atoms with Crippen LogP contribution in [0.2, 0.25) is 0 Å². The molecule has 88 valence electrons. The second-order valence-electron chi connectivity index (χ2n) is 4.06. The van der Waals surface area contributed by atoms with Crippen LogP contribution in [0.25, 0.3) is 0 Å². The number of halogens is 1. The van der Waals surface area contributed by atoms with Crippen LogP contribution in [0, 0.1) is 5.92 Å². The Morgan fingerprint density at radius 2 is 2.44 bits per heavy atom. The number of alkyl halides is 1. The Morgan fingerprint density at radius 1 is 1.56 bits per heavy atom. The molecule has 2 rings (SSSR count). The summed E-state index contributed by atoms with van der Waals surface area (Å²) in [7, 11) is 1.75. The van der Waals surface area contributed by atoms with Crippen LogP contribution in [0.3, 0.4) is 0 Å². The minimum absolute atomic E-state index is 0.413. The van der Waals surface area contributed by atoms with Crippen molar-refractivity contribution < 1.29 is 4.74 Å². The van der Waals surface area contributed by atoms with Gasteiger partial charge in [0.15, 0.2) is 0 Å². The van der Waals surface area contributed by atoms with Gasteiger partial charge in [0.2, 0.25) is 0 Å². The molecule has 0 amide bonds. The fourth-order valence-corrected chi connectivity index (χ4v) is 2.15. The van der Waals surface area contributed by atoms with E-state index in [2.05, 4.69) is 14.9 Å². The van der Waals surface area contributed by atoms with E-state index in [0.717, 1.165) is 37.6 Å². The van der Waals surface area contributed by atoms with Crippen molar-refractivity contribution >= 4 is 17.4 Å². The topological polar surface area (TPSA) is 38.2 Å². The minimum Gasteiger partial charge on any atom is -0.384 e. The SMILES string of the molecule is COCC1CCN(c2cncc(CCl)n2)C1. The number of rotatable bonds is 4. The summed E-state index contributed by atoms with van der Waals surface area (Å²) in [5.74, 6) is 1.94. The van der Waals surface area contributed by atoms with Gasteiger partial charge in [-0.25, -0.2) is 4.98 Å². The summed E-state index contributed by atoms with van der Waals surface area (Å²) >= 11 is 5.74. The Balaban J connectivity index is 2.02. The van der Waals surface area contributed by atoms with Gasteiger partial charge in [0, 0.05) is 32.3 Å². The van der Waals surface area contributed by atoms with Crippen LogP contribution >= 0.6 is 11.6 Å². The third kappa shape index (κ3) is 2.62. The van der Waals surface area contributed by atoms with Crippen molar-refractivity contribution in [3.63, 3.8) is 0 Å². The Bertz CT molecular complexity index is 348. The van der Waals surface area contributed by atoms with Gasteiger partial charge >= 0.3 is 0 Å². The summed E-state index contributed by atoms with van der Waals surface area (Å²) in [5, 5.41) is 0. The van der Waals surface area contributed by atoms with Crippen molar-refractivity contribution in [3.05, 3.63) is 18.1 Å². The van der Waals surface area contributed by atoms with E-state index in [1.807, 2.05) is 0 Å². The van der Waals surface area contributed by atoms with Gasteiger partial charge in [-0.15, -0.1) is 11.6 Å². The van der Waals surface area contributed by atoms with E-state index in [0.29, 0.717) is 11.8 Å². The lowest BCUT2D eigenvalue weighted by Gasteiger charge is -2.17. The third-order valence-corrected chi connectivity index (χ3v) is 3.09. The maximum absolute atomic E-state index is 5.74. The minimum atomic E-state index is 0.413. The first kappa shape index (κ1) is 11.6. The highest BCUT2D eigenvalue weighted by molar-refractivity contribution is 6.16. The lowest BCUT2D eigenvalue weighted by molar-refractivity contribution is 0.161. The van der Waals surface area contributed by atoms with Gasteiger partial charge in [0.1, 0.15) is 5.82 Å². The molecule has 2 heterocycles. The fraction of sp³-hybridized carbons (Fsp3) is 0.636. The molecule has 16 heavy (non-hydrogen) atoms. The zero-order chi connectivity index (χ0) is 11.4. The molecule has 0 N–H and O–H groups in total. The lowest BCUT2D eigenvalue weighted by atomic mass is 10.1. The average molecular weight is 242 g/mol. The van der Waals surface area contributed by atoms with Crippen molar-refractivity contribution in [2.75, 3.05) is 31.7 Å². The van der Waals surface area contributed by atoms with E-state index in [9.17, 15) is 0 Å². The van der Waals surface area contributed by atoms with Gasteiger partial charge in [-0.3, -0.25) is 4.98 Å². The van der Waals surface area contributed by atoms with Crippen molar-refractivity contribution in [1.29, 1.82) is 0 Å². The Hall–Kier alpha value is -0.870. The number of anilines is 1. The van der Waals surface area contributed by atoms with Crippen molar-refractivity contribution in [2.24, 2.45) is 5.92 Å². The smallest absolute Gasteiger partial charge is 0.147 e. The molecule has 1 aliphatic rings. The first-order valence-corrected chi connectivity index (χ1v) is 5.97. The van der Waals surface area contributed by atoms with Gasteiger partial charge in [-0.1, -0.05) is 0 Å². The van der Waals surface area contributed by atoms with Gasteiger partial charge < -0.3 is 9.64 Å². The van der Waals surface area contributed by atoms with Crippen LogP contribution in [0.5, 0.6) is 0 Å². The molecule has 1 aromatic rings. The standard InChI is InChI=1S/C11H16ClN3O/c1-16-8-9-2-3-15(7-9)11-6-13-5-10(4-12)14-11/h5-6,9H,2-4,7-8H2,1H3. The first-order chi connectivity index (χ1) is 7.83. The molecule has 1 aromatic heterocycles. The maximum atomic E-state index is 5.74. The van der Waals surface area contributed by atoms with Gasteiger partial charge in [0.25, 0.3) is 0 Å². The summed E-state index contributed by atoms with van der Waals surface area (Å²) < 4.78 is 5.17. The van der Waals surface area contributed by atoms with Crippen LogP contribution in [0.15, 0.2) is 12.4 Å². The number of aromatic nitrogens is 2. The van der Waals surface area contributed by atoms with E-state index in [1.165, 1.54) is 0 Å². The zero-order valence-electron chi connectivity index (χ0n) is 9.40. The highest BCUT2D eigenvalue weighted by Gasteiger charge is 2.23. The number of methoxy groups -OCH3 is 1. The first-order valence-electron chi connectivity index (χ1n) is 5.44. The zero-order valence-corrected chi connectivity index (χ0v) is 10.2. The maximum Gasteiger partial charge on any atom is 0.147 e. The highest BCUT2D eigenvalue weighted by atomic mass is 35.5. The van der Waals surface area contributed by atoms with Crippen LogP contribution in [0.4, 0.5) is 5.82 Å². The molecule has 1 atom stereocenters. The second kappa shape index (κ2) is 5.46. The van der Waals surface area contributed by atoms with Crippen molar-refractivity contribution in [1.82, 2.24) is 9.97 Å². The Kier molecular flexibility index (Phi) is 3.96. The predicted molar refractivity (Wildman–Crippen MR) is 63.8 cm³/mol. The van der Waals surface area contributed by atoms with Crippen LogP contribution in [-0.2, 0) is 10.6 Å². The molecular weight excluding hydrogens is 226 g/mol. The number of nitrogens with zero attached hydrogens (tertiary/aromatic N) is 3.